The van der Waals surface area contributed by atoms with Crippen LogP contribution in [0.1, 0.15) is 51.1 Å². The predicted molar refractivity (Wildman–Crippen MR) is 147 cm³/mol. The maximum absolute atomic E-state index is 12.7. The first kappa shape index (κ1) is 31.5. The van der Waals surface area contributed by atoms with Crippen molar-refractivity contribution in [2.75, 3.05) is 58.9 Å². The molecule has 1 aromatic heterocycles. The van der Waals surface area contributed by atoms with E-state index in [0.717, 1.165) is 12.8 Å². The topological polar surface area (TPSA) is 142 Å². The van der Waals surface area contributed by atoms with E-state index in [4.69, 9.17) is 19.9 Å². The Labute approximate surface area is 235 Å². The van der Waals surface area contributed by atoms with E-state index in [1.807, 2.05) is 0 Å². The van der Waals surface area contributed by atoms with Crippen molar-refractivity contribution in [1.82, 2.24) is 24.8 Å². The summed E-state index contributed by atoms with van der Waals surface area (Å²) >= 11 is 1.48. The number of carbonyl (C=O) groups excluding carboxylic acids is 3. The quantitative estimate of drug-likeness (QED) is 0.202. The van der Waals surface area contributed by atoms with Crippen LogP contribution in [0.15, 0.2) is 6.20 Å². The average Bonchev–Trinajstić information content (AvgIpc) is 3.49. The lowest BCUT2D eigenvalue weighted by Crippen LogP contribution is -2.38. The minimum atomic E-state index is -0.596. The van der Waals surface area contributed by atoms with Crippen LogP contribution in [0.25, 0.3) is 0 Å². The van der Waals surface area contributed by atoms with E-state index in [1.165, 1.54) is 35.9 Å². The number of carbonyl (C=O) groups is 3. The molecule has 0 bridgehead atoms. The number of likely N-dealkylation sites (tertiary alicyclic amines) is 1. The number of thioether (sulfide) groups is 1. The van der Waals surface area contributed by atoms with Gasteiger partial charge in [0.1, 0.15) is 11.8 Å². The Morgan fingerprint density at radius 1 is 1.18 bits per heavy atom. The summed E-state index contributed by atoms with van der Waals surface area (Å²) in [6.07, 6.45) is 7.36. The van der Waals surface area contributed by atoms with Gasteiger partial charge in [-0.1, -0.05) is 24.5 Å². The van der Waals surface area contributed by atoms with Crippen LogP contribution < -0.4 is 5.73 Å². The van der Waals surface area contributed by atoms with E-state index in [1.54, 1.807) is 29.7 Å². The third-order valence-electron chi connectivity index (χ3n) is 7.00. The third kappa shape index (κ3) is 10.5. The molecule has 39 heavy (non-hydrogen) atoms. The second-order valence-corrected chi connectivity index (χ2v) is 11.4. The molecule has 2 aliphatic rings. The zero-order valence-corrected chi connectivity index (χ0v) is 24.1. The first-order chi connectivity index (χ1) is 18.9. The molecule has 2 heterocycles. The Hall–Kier alpha value is -2.06. The number of hydrogen-bond donors (Lipinski definition) is 1. The number of likely N-dealkylation sites (N-methyl/N-ethyl adjacent to an activating group) is 1. The highest BCUT2D eigenvalue weighted by Gasteiger charge is 2.39. The number of imide groups is 1. The zero-order chi connectivity index (χ0) is 28.0. The van der Waals surface area contributed by atoms with Gasteiger partial charge in [0.2, 0.25) is 11.8 Å². The lowest BCUT2D eigenvalue weighted by atomic mass is 9.89. The number of nitrogens with zero attached hydrogens (tertiary/aromatic N) is 5. The van der Waals surface area contributed by atoms with Crippen LogP contribution in [-0.4, -0.2) is 113 Å². The number of aromatic nitrogens is 3. The molecule has 2 fully saturated rings. The number of amides is 3. The monoisotopic (exact) mass is 568 g/mol. The van der Waals surface area contributed by atoms with Gasteiger partial charge < -0.3 is 24.8 Å². The smallest absolute Gasteiger partial charge is 0.251 e. The lowest BCUT2D eigenvalue weighted by molar-refractivity contribution is -0.143. The van der Waals surface area contributed by atoms with Gasteiger partial charge in [-0.05, 0) is 25.7 Å². The second-order valence-electron chi connectivity index (χ2n) is 10.1. The summed E-state index contributed by atoms with van der Waals surface area (Å²) in [7, 11) is 1.71. The molecule has 3 rings (SSSR count). The average molecular weight is 569 g/mol. The fourth-order valence-electron chi connectivity index (χ4n) is 4.75. The summed E-state index contributed by atoms with van der Waals surface area (Å²) in [5.41, 5.74) is 6.21. The number of nitrogens with two attached hydrogens (primary N) is 1. The molecule has 0 radical (unpaired) electrons. The molecule has 1 saturated carbocycles. The third-order valence-corrected chi connectivity index (χ3v) is 8.17. The van der Waals surface area contributed by atoms with Crippen molar-refractivity contribution >= 4 is 29.5 Å². The number of rotatable bonds is 18. The molecule has 3 amide bonds. The molecule has 0 spiro atoms. The van der Waals surface area contributed by atoms with Crippen molar-refractivity contribution in [1.29, 1.82) is 0 Å². The molecule has 0 aromatic carbocycles. The van der Waals surface area contributed by atoms with Crippen LogP contribution in [-0.2, 0) is 41.7 Å². The largest absolute Gasteiger partial charge is 0.378 e. The van der Waals surface area contributed by atoms with Crippen molar-refractivity contribution in [2.24, 2.45) is 11.7 Å². The van der Waals surface area contributed by atoms with Crippen LogP contribution >= 0.6 is 11.8 Å². The van der Waals surface area contributed by atoms with E-state index in [2.05, 4.69) is 10.3 Å². The zero-order valence-electron chi connectivity index (χ0n) is 23.3. The summed E-state index contributed by atoms with van der Waals surface area (Å²) in [5, 5.41) is 7.66. The Morgan fingerprint density at radius 2 is 1.97 bits per heavy atom. The highest BCUT2D eigenvalue weighted by Crippen LogP contribution is 2.29. The van der Waals surface area contributed by atoms with Crippen molar-refractivity contribution in [3.63, 3.8) is 0 Å². The predicted octanol–water partition coefficient (Wildman–Crippen LogP) is 1.07. The van der Waals surface area contributed by atoms with Crippen LogP contribution in [0, 0.1) is 5.92 Å². The Kier molecular flexibility index (Phi) is 13.6. The fourth-order valence-corrected chi connectivity index (χ4v) is 5.78. The van der Waals surface area contributed by atoms with Gasteiger partial charge in [0.05, 0.1) is 51.0 Å². The van der Waals surface area contributed by atoms with Gasteiger partial charge >= 0.3 is 0 Å². The second kappa shape index (κ2) is 16.9. The summed E-state index contributed by atoms with van der Waals surface area (Å²) in [5.74, 6) is 0.866. The molecule has 2 atom stereocenters. The molecule has 2 unspecified atom stereocenters. The van der Waals surface area contributed by atoms with Gasteiger partial charge in [-0.2, -0.15) is 0 Å². The van der Waals surface area contributed by atoms with Crippen molar-refractivity contribution in [2.45, 2.75) is 70.0 Å². The highest BCUT2D eigenvalue weighted by atomic mass is 32.2. The van der Waals surface area contributed by atoms with Gasteiger partial charge in [-0.3, -0.25) is 24.0 Å². The Balaban J connectivity index is 1.19. The molecule has 1 aliphatic heterocycles. The summed E-state index contributed by atoms with van der Waals surface area (Å²) < 4.78 is 18.5. The molecular weight excluding hydrogens is 524 g/mol. The fraction of sp³-hybridized carbons (Fsp3) is 0.808. The summed E-state index contributed by atoms with van der Waals surface area (Å²) in [4.78, 5) is 40.6. The van der Waals surface area contributed by atoms with Gasteiger partial charge in [-0.15, -0.1) is 16.9 Å². The molecule has 220 valence electrons. The molecule has 2 N–H and O–H groups in total. The summed E-state index contributed by atoms with van der Waals surface area (Å²) in [6, 6.07) is 0. The molecule has 13 heteroatoms. The minimum Gasteiger partial charge on any atom is -0.378 e. The molecule has 1 aromatic rings. The standard InChI is InChI=1S/C26H44N6O6S/c1-20(25(34)30(2)10-11-37-19-22-18-31(9-8-27)29-28-22)38-13-12-36-14-15-39-23-16-24(33)32(26(23)35)17-21-6-4-3-5-7-21/h18,20-21,23H,3-17,19,27H2,1-2H3. The van der Waals surface area contributed by atoms with Gasteiger partial charge in [0, 0.05) is 38.9 Å². The lowest BCUT2D eigenvalue weighted by Gasteiger charge is -2.25. The number of ether oxygens (including phenoxy) is 3. The van der Waals surface area contributed by atoms with E-state index < -0.39 is 6.10 Å². The highest BCUT2D eigenvalue weighted by molar-refractivity contribution is 8.00. The molecular formula is C26H44N6O6S. The summed E-state index contributed by atoms with van der Waals surface area (Å²) in [6.45, 7) is 5.60. The van der Waals surface area contributed by atoms with Crippen LogP contribution in [0.3, 0.4) is 0 Å². The Bertz CT molecular complexity index is 911. The van der Waals surface area contributed by atoms with E-state index in [0.29, 0.717) is 70.0 Å². The van der Waals surface area contributed by atoms with E-state index in [9.17, 15) is 14.4 Å². The normalized spacial score (nSPS) is 19.2. The van der Waals surface area contributed by atoms with Gasteiger partial charge in [0.15, 0.2) is 0 Å². The van der Waals surface area contributed by atoms with E-state index >= 15 is 0 Å². The van der Waals surface area contributed by atoms with Crippen molar-refractivity contribution in [3.8, 4) is 0 Å². The Morgan fingerprint density at radius 3 is 2.74 bits per heavy atom. The van der Waals surface area contributed by atoms with Crippen LogP contribution in [0.2, 0.25) is 0 Å². The first-order valence-electron chi connectivity index (χ1n) is 14.0. The molecule has 12 nitrogen and oxygen atoms in total. The maximum atomic E-state index is 12.7. The van der Waals surface area contributed by atoms with Crippen molar-refractivity contribution in [3.05, 3.63) is 11.9 Å². The van der Waals surface area contributed by atoms with Crippen molar-refractivity contribution < 1.29 is 28.6 Å². The SMILES string of the molecule is CC(OCCOCCSC1CC(=O)N(CC2CCCCC2)C1=O)C(=O)N(C)CCOCc1cn(CCN)nn1. The maximum Gasteiger partial charge on any atom is 0.251 e. The van der Waals surface area contributed by atoms with Crippen LogP contribution in [0.4, 0.5) is 0 Å². The van der Waals surface area contributed by atoms with Crippen LogP contribution in [0.5, 0.6) is 0 Å². The molecule has 1 saturated heterocycles. The van der Waals surface area contributed by atoms with E-state index in [-0.39, 0.29) is 36.0 Å². The molecule has 1 aliphatic carbocycles. The first-order valence-corrected chi connectivity index (χ1v) is 15.0. The van der Waals surface area contributed by atoms with Gasteiger partial charge in [0.25, 0.3) is 5.91 Å². The minimum absolute atomic E-state index is 0.0417. The van der Waals surface area contributed by atoms with Gasteiger partial charge in [-0.25, -0.2) is 0 Å². The number of hydrogen-bond acceptors (Lipinski definition) is 10.